The second-order valence-electron chi connectivity index (χ2n) is 4.94. The number of benzene rings is 1. The molecule has 1 aromatic carbocycles. The summed E-state index contributed by atoms with van der Waals surface area (Å²) in [6, 6.07) is 14.4. The van der Waals surface area contributed by atoms with Gasteiger partial charge in [-0.1, -0.05) is 25.1 Å². The largest absolute Gasteiger partial charge is 0.493 e. The van der Waals surface area contributed by atoms with Gasteiger partial charge in [-0.15, -0.1) is 0 Å². The van der Waals surface area contributed by atoms with Crippen LogP contribution in [-0.4, -0.2) is 17.6 Å². The fourth-order valence-electron chi connectivity index (χ4n) is 1.99. The average Bonchev–Trinajstić information content (AvgIpc) is 2.50. The van der Waals surface area contributed by atoms with Crippen molar-refractivity contribution in [1.29, 1.82) is 0 Å². The first kappa shape index (κ1) is 14.5. The van der Waals surface area contributed by atoms with E-state index in [0.717, 1.165) is 30.7 Å². The Bertz CT molecular complexity index is 496. The molecular weight excluding hydrogens is 248 g/mol. The third-order valence-corrected chi connectivity index (χ3v) is 3.30. The maximum atomic E-state index is 5.95. The zero-order valence-electron chi connectivity index (χ0n) is 12.0. The molecule has 1 atom stereocenters. The number of aromatic nitrogens is 1. The zero-order valence-corrected chi connectivity index (χ0v) is 12.0. The first-order chi connectivity index (χ1) is 9.78. The molecule has 20 heavy (non-hydrogen) atoms. The Balaban J connectivity index is 1.79. The van der Waals surface area contributed by atoms with E-state index in [1.54, 1.807) is 6.20 Å². The number of nitrogens with two attached hydrogens (primary N) is 1. The quantitative estimate of drug-likeness (QED) is 0.841. The number of rotatable bonds is 7. The Morgan fingerprint density at radius 1 is 1.15 bits per heavy atom. The molecule has 106 valence electrons. The highest BCUT2D eigenvalue weighted by molar-refractivity contribution is 5.27. The van der Waals surface area contributed by atoms with Crippen molar-refractivity contribution >= 4 is 0 Å². The summed E-state index contributed by atoms with van der Waals surface area (Å²) in [6.07, 6.45) is 4.55. The lowest BCUT2D eigenvalue weighted by Crippen LogP contribution is -2.21. The van der Waals surface area contributed by atoms with Crippen LogP contribution < -0.4 is 10.5 Å². The Kier molecular flexibility index (Phi) is 5.56. The highest BCUT2D eigenvalue weighted by Gasteiger charge is 2.02. The molecule has 0 aliphatic heterocycles. The standard InChI is InChI=1S/C17H22N2O/c1-2-15(18)13-14-6-8-17(9-7-14)20-12-10-16-5-3-4-11-19-16/h3-9,11,15H,2,10,12-13,18H2,1H3. The van der Waals surface area contributed by atoms with Gasteiger partial charge in [-0.3, -0.25) is 4.98 Å². The maximum Gasteiger partial charge on any atom is 0.119 e. The van der Waals surface area contributed by atoms with Gasteiger partial charge in [-0.25, -0.2) is 0 Å². The number of hydrogen-bond acceptors (Lipinski definition) is 3. The normalized spacial score (nSPS) is 12.1. The van der Waals surface area contributed by atoms with Crippen molar-refractivity contribution < 1.29 is 4.74 Å². The molecule has 3 nitrogen and oxygen atoms in total. The minimum absolute atomic E-state index is 0.242. The van der Waals surface area contributed by atoms with Gasteiger partial charge in [0.1, 0.15) is 5.75 Å². The van der Waals surface area contributed by atoms with Crippen molar-refractivity contribution in [2.75, 3.05) is 6.61 Å². The van der Waals surface area contributed by atoms with Crippen molar-refractivity contribution in [3.05, 3.63) is 59.9 Å². The summed E-state index contributed by atoms with van der Waals surface area (Å²) in [4.78, 5) is 4.27. The number of hydrogen-bond donors (Lipinski definition) is 1. The molecule has 0 aliphatic carbocycles. The molecule has 0 spiro atoms. The summed E-state index contributed by atoms with van der Waals surface area (Å²) in [5.41, 5.74) is 8.26. The van der Waals surface area contributed by atoms with E-state index in [2.05, 4.69) is 24.0 Å². The molecule has 0 saturated heterocycles. The number of nitrogens with zero attached hydrogens (tertiary/aromatic N) is 1. The molecule has 0 fully saturated rings. The van der Waals surface area contributed by atoms with Gasteiger partial charge in [0.15, 0.2) is 0 Å². The van der Waals surface area contributed by atoms with Crippen LogP contribution in [0.3, 0.4) is 0 Å². The van der Waals surface area contributed by atoms with Crippen molar-refractivity contribution in [1.82, 2.24) is 4.98 Å². The van der Waals surface area contributed by atoms with Crippen LogP contribution in [0.15, 0.2) is 48.7 Å². The molecule has 0 bridgehead atoms. The van der Waals surface area contributed by atoms with E-state index in [1.165, 1.54) is 5.56 Å². The van der Waals surface area contributed by atoms with Crippen LogP contribution in [0.4, 0.5) is 0 Å². The van der Waals surface area contributed by atoms with Gasteiger partial charge in [0.25, 0.3) is 0 Å². The molecule has 1 aromatic heterocycles. The summed E-state index contributed by atoms with van der Waals surface area (Å²) in [7, 11) is 0. The molecule has 1 heterocycles. The summed E-state index contributed by atoms with van der Waals surface area (Å²) in [6.45, 7) is 2.75. The lowest BCUT2D eigenvalue weighted by atomic mass is 10.0. The van der Waals surface area contributed by atoms with E-state index in [1.807, 2.05) is 30.3 Å². The molecule has 0 aliphatic rings. The van der Waals surface area contributed by atoms with Gasteiger partial charge in [0.2, 0.25) is 0 Å². The molecule has 1 unspecified atom stereocenters. The Hall–Kier alpha value is -1.87. The first-order valence-corrected chi connectivity index (χ1v) is 7.15. The van der Waals surface area contributed by atoms with Crippen LogP contribution >= 0.6 is 0 Å². The van der Waals surface area contributed by atoms with E-state index in [0.29, 0.717) is 6.61 Å². The van der Waals surface area contributed by atoms with Gasteiger partial charge in [-0.2, -0.15) is 0 Å². The predicted molar refractivity (Wildman–Crippen MR) is 81.8 cm³/mol. The molecule has 2 rings (SSSR count). The van der Waals surface area contributed by atoms with Gasteiger partial charge in [-0.05, 0) is 42.7 Å². The Labute approximate surface area is 120 Å². The second-order valence-corrected chi connectivity index (χ2v) is 4.94. The minimum Gasteiger partial charge on any atom is -0.493 e. The first-order valence-electron chi connectivity index (χ1n) is 7.15. The van der Waals surface area contributed by atoms with Crippen molar-refractivity contribution in [3.63, 3.8) is 0 Å². The summed E-state index contributed by atoms with van der Waals surface area (Å²) >= 11 is 0. The topological polar surface area (TPSA) is 48.1 Å². The molecule has 0 radical (unpaired) electrons. The summed E-state index contributed by atoms with van der Waals surface area (Å²) < 4.78 is 5.72. The fourth-order valence-corrected chi connectivity index (χ4v) is 1.99. The molecule has 2 aromatic rings. The minimum atomic E-state index is 0.242. The lowest BCUT2D eigenvalue weighted by Gasteiger charge is -2.10. The van der Waals surface area contributed by atoms with E-state index < -0.39 is 0 Å². The van der Waals surface area contributed by atoms with E-state index >= 15 is 0 Å². The van der Waals surface area contributed by atoms with Gasteiger partial charge < -0.3 is 10.5 Å². The van der Waals surface area contributed by atoms with E-state index in [4.69, 9.17) is 10.5 Å². The number of ether oxygens (including phenoxy) is 1. The van der Waals surface area contributed by atoms with Crippen molar-refractivity contribution in [2.45, 2.75) is 32.2 Å². The van der Waals surface area contributed by atoms with E-state index in [9.17, 15) is 0 Å². The van der Waals surface area contributed by atoms with Crippen LogP contribution in [0.25, 0.3) is 0 Å². The lowest BCUT2D eigenvalue weighted by molar-refractivity contribution is 0.320. The molecule has 3 heteroatoms. The third-order valence-electron chi connectivity index (χ3n) is 3.30. The summed E-state index contributed by atoms with van der Waals surface area (Å²) in [5.74, 6) is 0.898. The third kappa shape index (κ3) is 4.67. The SMILES string of the molecule is CCC(N)Cc1ccc(OCCc2ccccn2)cc1. The van der Waals surface area contributed by atoms with Crippen LogP contribution in [0.1, 0.15) is 24.6 Å². The fraction of sp³-hybridized carbons (Fsp3) is 0.353. The predicted octanol–water partition coefficient (Wildman–Crippen LogP) is 2.98. The van der Waals surface area contributed by atoms with Crippen LogP contribution in [0.5, 0.6) is 5.75 Å². The Morgan fingerprint density at radius 2 is 1.95 bits per heavy atom. The van der Waals surface area contributed by atoms with Crippen LogP contribution in [-0.2, 0) is 12.8 Å². The average molecular weight is 270 g/mol. The highest BCUT2D eigenvalue weighted by Crippen LogP contribution is 2.14. The van der Waals surface area contributed by atoms with Crippen LogP contribution in [0, 0.1) is 0 Å². The number of pyridine rings is 1. The smallest absolute Gasteiger partial charge is 0.119 e. The van der Waals surface area contributed by atoms with Gasteiger partial charge in [0, 0.05) is 24.4 Å². The zero-order chi connectivity index (χ0) is 14.2. The molecule has 2 N–H and O–H groups in total. The molecule has 0 saturated carbocycles. The monoisotopic (exact) mass is 270 g/mol. The molecule has 0 amide bonds. The highest BCUT2D eigenvalue weighted by atomic mass is 16.5. The Morgan fingerprint density at radius 3 is 2.60 bits per heavy atom. The van der Waals surface area contributed by atoms with Crippen molar-refractivity contribution in [3.8, 4) is 5.75 Å². The van der Waals surface area contributed by atoms with Crippen LogP contribution in [0.2, 0.25) is 0 Å². The second kappa shape index (κ2) is 7.65. The van der Waals surface area contributed by atoms with Gasteiger partial charge >= 0.3 is 0 Å². The van der Waals surface area contributed by atoms with E-state index in [-0.39, 0.29) is 6.04 Å². The maximum absolute atomic E-state index is 5.95. The summed E-state index contributed by atoms with van der Waals surface area (Å²) in [5, 5.41) is 0. The van der Waals surface area contributed by atoms with Gasteiger partial charge in [0.05, 0.1) is 6.61 Å². The molecular formula is C17H22N2O. The van der Waals surface area contributed by atoms with Crippen molar-refractivity contribution in [2.24, 2.45) is 5.73 Å².